The van der Waals surface area contributed by atoms with E-state index in [2.05, 4.69) is 14.9 Å². The lowest BCUT2D eigenvalue weighted by atomic mass is 10.0. The molecule has 1 saturated heterocycles. The van der Waals surface area contributed by atoms with E-state index in [1.165, 1.54) is 0 Å². The molecule has 0 amide bonds. The van der Waals surface area contributed by atoms with Crippen LogP contribution in [0.1, 0.15) is 26.2 Å². The lowest BCUT2D eigenvalue weighted by molar-refractivity contribution is -0.145. The van der Waals surface area contributed by atoms with E-state index in [1.807, 2.05) is 18.4 Å². The van der Waals surface area contributed by atoms with E-state index in [0.717, 1.165) is 41.8 Å². The van der Waals surface area contributed by atoms with Gasteiger partial charge in [0.1, 0.15) is 12.4 Å². The molecule has 2 aromatic heterocycles. The number of carbonyl (C=O) groups excluding carboxylic acids is 1. The zero-order valence-electron chi connectivity index (χ0n) is 11.4. The summed E-state index contributed by atoms with van der Waals surface area (Å²) in [5.41, 5.74) is 0.938. The molecule has 2 aromatic rings. The first-order valence-corrected chi connectivity index (χ1v) is 7.80. The summed E-state index contributed by atoms with van der Waals surface area (Å²) in [6.07, 6.45) is 4.53. The van der Waals surface area contributed by atoms with Crippen molar-refractivity contribution in [3.05, 3.63) is 17.8 Å². The van der Waals surface area contributed by atoms with Crippen LogP contribution < -0.4 is 4.90 Å². The Morgan fingerprint density at radius 2 is 2.40 bits per heavy atom. The van der Waals surface area contributed by atoms with Gasteiger partial charge in [0.2, 0.25) is 0 Å². The summed E-state index contributed by atoms with van der Waals surface area (Å²) in [5, 5.41) is 2.01. The number of carbonyl (C=O) groups is 1. The third-order valence-corrected chi connectivity index (χ3v) is 4.46. The smallest absolute Gasteiger partial charge is 0.328 e. The SMILES string of the molecule is CCOC(=O)C1CCCCN1c1ncnc2ccsc12. The van der Waals surface area contributed by atoms with Gasteiger partial charge in [0.15, 0.2) is 5.82 Å². The Hall–Kier alpha value is -1.69. The molecule has 0 bridgehead atoms. The summed E-state index contributed by atoms with van der Waals surface area (Å²) in [7, 11) is 0. The highest BCUT2D eigenvalue weighted by atomic mass is 32.1. The van der Waals surface area contributed by atoms with Crippen molar-refractivity contribution in [3.8, 4) is 0 Å². The molecule has 0 radical (unpaired) electrons. The number of hydrogen-bond donors (Lipinski definition) is 0. The topological polar surface area (TPSA) is 55.3 Å². The molecule has 0 saturated carbocycles. The van der Waals surface area contributed by atoms with Gasteiger partial charge in [-0.25, -0.2) is 14.8 Å². The minimum absolute atomic E-state index is 0.143. The van der Waals surface area contributed by atoms with Crippen LogP contribution in [0.15, 0.2) is 17.8 Å². The van der Waals surface area contributed by atoms with Gasteiger partial charge >= 0.3 is 5.97 Å². The van der Waals surface area contributed by atoms with Crippen molar-refractivity contribution in [1.29, 1.82) is 0 Å². The van der Waals surface area contributed by atoms with Gasteiger partial charge in [-0.1, -0.05) is 0 Å². The highest BCUT2D eigenvalue weighted by Gasteiger charge is 2.31. The van der Waals surface area contributed by atoms with Crippen molar-refractivity contribution in [3.63, 3.8) is 0 Å². The lowest BCUT2D eigenvalue weighted by Gasteiger charge is -2.34. The molecular formula is C14H17N3O2S. The third-order valence-electron chi connectivity index (χ3n) is 3.56. The Labute approximate surface area is 121 Å². The van der Waals surface area contributed by atoms with E-state index >= 15 is 0 Å². The molecule has 5 nitrogen and oxygen atoms in total. The Bertz CT molecular complexity index is 613. The van der Waals surface area contributed by atoms with Gasteiger partial charge in [0.25, 0.3) is 0 Å². The van der Waals surface area contributed by atoms with Crippen molar-refractivity contribution in [2.75, 3.05) is 18.1 Å². The monoisotopic (exact) mass is 291 g/mol. The Balaban J connectivity index is 1.97. The number of nitrogens with zero attached hydrogens (tertiary/aromatic N) is 3. The number of ether oxygens (including phenoxy) is 1. The maximum Gasteiger partial charge on any atom is 0.328 e. The number of thiophene rings is 1. The Morgan fingerprint density at radius 3 is 3.25 bits per heavy atom. The van der Waals surface area contributed by atoms with E-state index in [1.54, 1.807) is 17.7 Å². The predicted octanol–water partition coefficient (Wildman–Crippen LogP) is 2.61. The number of piperidine rings is 1. The van der Waals surface area contributed by atoms with Crippen LogP contribution in [0, 0.1) is 0 Å². The molecule has 1 atom stereocenters. The number of anilines is 1. The van der Waals surface area contributed by atoms with E-state index in [9.17, 15) is 4.79 Å². The maximum atomic E-state index is 12.2. The summed E-state index contributed by atoms with van der Waals surface area (Å²) < 4.78 is 6.25. The second kappa shape index (κ2) is 5.75. The van der Waals surface area contributed by atoms with Crippen molar-refractivity contribution in [2.45, 2.75) is 32.2 Å². The van der Waals surface area contributed by atoms with Crippen molar-refractivity contribution >= 4 is 33.3 Å². The van der Waals surface area contributed by atoms with Crippen LogP contribution in [-0.2, 0) is 9.53 Å². The van der Waals surface area contributed by atoms with Crippen LogP contribution in [0.5, 0.6) is 0 Å². The van der Waals surface area contributed by atoms with Gasteiger partial charge in [-0.05, 0) is 37.6 Å². The van der Waals surface area contributed by atoms with Crippen LogP contribution in [0.25, 0.3) is 10.2 Å². The highest BCUT2D eigenvalue weighted by Crippen LogP contribution is 2.32. The number of esters is 1. The van der Waals surface area contributed by atoms with Crippen molar-refractivity contribution in [2.24, 2.45) is 0 Å². The molecule has 3 heterocycles. The first-order valence-electron chi connectivity index (χ1n) is 6.92. The second-order valence-corrected chi connectivity index (χ2v) is 5.71. The zero-order valence-corrected chi connectivity index (χ0v) is 12.2. The summed E-state index contributed by atoms with van der Waals surface area (Å²) in [6, 6.07) is 1.76. The molecule has 106 valence electrons. The molecule has 0 spiro atoms. The summed E-state index contributed by atoms with van der Waals surface area (Å²) >= 11 is 1.62. The standard InChI is InChI=1S/C14H17N3O2S/c1-2-19-14(18)11-5-3-4-7-17(11)13-12-10(6-8-20-12)15-9-16-13/h6,8-9,11H,2-5,7H2,1H3. The quantitative estimate of drug-likeness (QED) is 0.814. The highest BCUT2D eigenvalue weighted by molar-refractivity contribution is 7.17. The molecule has 6 heteroatoms. The minimum Gasteiger partial charge on any atom is -0.464 e. The van der Waals surface area contributed by atoms with Gasteiger partial charge in [-0.3, -0.25) is 0 Å². The van der Waals surface area contributed by atoms with E-state index in [0.29, 0.717) is 6.61 Å². The maximum absolute atomic E-state index is 12.2. The fraction of sp³-hybridized carbons (Fsp3) is 0.500. The molecule has 0 aromatic carbocycles. The molecule has 1 unspecified atom stereocenters. The summed E-state index contributed by atoms with van der Waals surface area (Å²) in [6.45, 7) is 3.10. The number of rotatable bonds is 3. The molecule has 20 heavy (non-hydrogen) atoms. The van der Waals surface area contributed by atoms with E-state index in [4.69, 9.17) is 4.74 Å². The van der Waals surface area contributed by atoms with Gasteiger partial charge in [-0.2, -0.15) is 0 Å². The molecular weight excluding hydrogens is 274 g/mol. The van der Waals surface area contributed by atoms with Crippen LogP contribution in [0.4, 0.5) is 5.82 Å². The van der Waals surface area contributed by atoms with Gasteiger partial charge < -0.3 is 9.64 Å². The molecule has 0 N–H and O–H groups in total. The Morgan fingerprint density at radius 1 is 1.50 bits per heavy atom. The van der Waals surface area contributed by atoms with Gasteiger partial charge in [-0.15, -0.1) is 11.3 Å². The van der Waals surface area contributed by atoms with E-state index < -0.39 is 0 Å². The van der Waals surface area contributed by atoms with Gasteiger partial charge in [0, 0.05) is 6.54 Å². The minimum atomic E-state index is -0.219. The normalized spacial score (nSPS) is 19.2. The average Bonchev–Trinajstić information content (AvgIpc) is 2.96. The van der Waals surface area contributed by atoms with E-state index in [-0.39, 0.29) is 12.0 Å². The lowest BCUT2D eigenvalue weighted by Crippen LogP contribution is -2.46. The predicted molar refractivity (Wildman–Crippen MR) is 79.0 cm³/mol. The van der Waals surface area contributed by atoms with Crippen LogP contribution in [0.3, 0.4) is 0 Å². The molecule has 1 fully saturated rings. The first-order chi connectivity index (χ1) is 9.81. The molecule has 1 aliphatic heterocycles. The van der Waals surface area contributed by atoms with Crippen LogP contribution in [-0.4, -0.2) is 35.1 Å². The fourth-order valence-electron chi connectivity index (χ4n) is 2.65. The number of aromatic nitrogens is 2. The number of fused-ring (bicyclic) bond motifs is 1. The third kappa shape index (κ3) is 2.35. The fourth-order valence-corrected chi connectivity index (χ4v) is 3.50. The molecule has 3 rings (SSSR count). The van der Waals surface area contributed by atoms with Crippen molar-refractivity contribution in [1.82, 2.24) is 9.97 Å². The summed E-state index contributed by atoms with van der Waals surface area (Å²) in [4.78, 5) is 22.9. The van der Waals surface area contributed by atoms with Crippen LogP contribution >= 0.6 is 11.3 Å². The van der Waals surface area contributed by atoms with Crippen LogP contribution in [0.2, 0.25) is 0 Å². The molecule has 0 aliphatic carbocycles. The first kappa shape index (κ1) is 13.3. The Kier molecular flexibility index (Phi) is 3.82. The average molecular weight is 291 g/mol. The number of hydrogen-bond acceptors (Lipinski definition) is 6. The summed E-state index contributed by atoms with van der Waals surface area (Å²) in [5.74, 6) is 0.721. The molecule has 1 aliphatic rings. The zero-order chi connectivity index (χ0) is 13.9. The van der Waals surface area contributed by atoms with Crippen molar-refractivity contribution < 1.29 is 9.53 Å². The largest absolute Gasteiger partial charge is 0.464 e. The second-order valence-electron chi connectivity index (χ2n) is 4.79. The van der Waals surface area contributed by atoms with Gasteiger partial charge in [0.05, 0.1) is 16.8 Å².